The van der Waals surface area contributed by atoms with Crippen molar-refractivity contribution in [3.8, 4) is 0 Å². The molecule has 1 unspecified atom stereocenters. The van der Waals surface area contributed by atoms with Crippen LogP contribution in [0.3, 0.4) is 0 Å². The zero-order chi connectivity index (χ0) is 15.8. The van der Waals surface area contributed by atoms with Gasteiger partial charge in [0.15, 0.2) is 5.82 Å². The van der Waals surface area contributed by atoms with Gasteiger partial charge < -0.3 is 4.90 Å². The van der Waals surface area contributed by atoms with E-state index in [1.165, 1.54) is 0 Å². The van der Waals surface area contributed by atoms with E-state index in [4.69, 9.17) is 11.6 Å². The number of hydrogen-bond acceptors (Lipinski definition) is 4. The Morgan fingerprint density at radius 3 is 2.96 bits per heavy atom. The number of likely N-dealkylation sites (tertiary alicyclic amines) is 1. The molecule has 6 nitrogen and oxygen atoms in total. The number of aromatic nitrogens is 4. The van der Waals surface area contributed by atoms with Crippen LogP contribution in [0.15, 0.2) is 24.3 Å². The first-order valence-corrected chi connectivity index (χ1v) is 8.41. The molecular formula is C16H18ClN5O. The SMILES string of the molecule is O=C(Cn1nnnc1C1CC1)N1CCCC1c1cccc(Cl)c1. The van der Waals surface area contributed by atoms with Gasteiger partial charge in [-0.2, -0.15) is 0 Å². The number of carbonyl (C=O) groups is 1. The van der Waals surface area contributed by atoms with E-state index in [-0.39, 0.29) is 18.5 Å². The average Bonchev–Trinajstić information content (AvgIpc) is 3.09. The predicted octanol–water partition coefficient (Wildman–Crippen LogP) is 2.57. The van der Waals surface area contributed by atoms with Crippen LogP contribution in [0.2, 0.25) is 5.02 Å². The topological polar surface area (TPSA) is 63.9 Å². The summed E-state index contributed by atoms with van der Waals surface area (Å²) in [5, 5.41) is 12.5. The fraction of sp³-hybridized carbons (Fsp3) is 0.500. The van der Waals surface area contributed by atoms with Gasteiger partial charge in [0.25, 0.3) is 0 Å². The molecule has 1 aliphatic heterocycles. The molecule has 1 aliphatic carbocycles. The standard InChI is InChI=1S/C16H18ClN5O/c17-13-4-1-3-12(9-13)14-5-2-8-21(14)15(23)10-22-16(11-6-7-11)18-19-20-22/h1,3-4,9,11,14H,2,5-8,10H2. The maximum atomic E-state index is 12.8. The van der Waals surface area contributed by atoms with Crippen LogP contribution in [-0.2, 0) is 11.3 Å². The predicted molar refractivity (Wildman–Crippen MR) is 84.9 cm³/mol. The molecule has 2 aliphatic rings. The molecule has 2 aromatic rings. The monoisotopic (exact) mass is 331 g/mol. The molecule has 4 rings (SSSR count). The Hall–Kier alpha value is -1.95. The number of tetrazole rings is 1. The van der Waals surface area contributed by atoms with E-state index in [1.54, 1.807) is 4.68 Å². The molecule has 1 saturated carbocycles. The third-order valence-corrected chi connectivity index (χ3v) is 4.83. The molecule has 7 heteroatoms. The largest absolute Gasteiger partial charge is 0.334 e. The highest BCUT2D eigenvalue weighted by Crippen LogP contribution is 2.38. The van der Waals surface area contributed by atoms with Gasteiger partial charge in [0, 0.05) is 17.5 Å². The molecule has 120 valence electrons. The lowest BCUT2D eigenvalue weighted by atomic mass is 10.0. The first-order valence-electron chi connectivity index (χ1n) is 8.03. The number of halogens is 1. The minimum atomic E-state index is 0.0710. The smallest absolute Gasteiger partial charge is 0.244 e. The zero-order valence-corrected chi connectivity index (χ0v) is 13.5. The summed E-state index contributed by atoms with van der Waals surface area (Å²) in [5.74, 6) is 1.35. The van der Waals surface area contributed by atoms with Crippen LogP contribution in [-0.4, -0.2) is 37.6 Å². The van der Waals surface area contributed by atoms with Crippen LogP contribution >= 0.6 is 11.6 Å². The molecular weight excluding hydrogens is 314 g/mol. The number of benzene rings is 1. The van der Waals surface area contributed by atoms with Crippen molar-refractivity contribution in [2.75, 3.05) is 6.54 Å². The van der Waals surface area contributed by atoms with Gasteiger partial charge >= 0.3 is 0 Å². The highest BCUT2D eigenvalue weighted by atomic mass is 35.5. The molecule has 2 fully saturated rings. The quantitative estimate of drug-likeness (QED) is 0.863. The molecule has 1 aromatic heterocycles. The summed E-state index contributed by atoms with van der Waals surface area (Å²) in [7, 11) is 0. The fourth-order valence-corrected chi connectivity index (χ4v) is 3.50. The normalized spacial score (nSPS) is 20.9. The van der Waals surface area contributed by atoms with Crippen molar-refractivity contribution < 1.29 is 4.79 Å². The summed E-state index contributed by atoms with van der Waals surface area (Å²) in [4.78, 5) is 14.7. The summed E-state index contributed by atoms with van der Waals surface area (Å²) in [6.07, 6.45) is 4.21. The van der Waals surface area contributed by atoms with Crippen molar-refractivity contribution in [3.05, 3.63) is 40.7 Å². The van der Waals surface area contributed by atoms with E-state index in [0.29, 0.717) is 10.9 Å². The molecule has 23 heavy (non-hydrogen) atoms. The van der Waals surface area contributed by atoms with E-state index in [2.05, 4.69) is 15.5 Å². The van der Waals surface area contributed by atoms with Crippen LogP contribution in [0.1, 0.15) is 49.0 Å². The molecule has 0 bridgehead atoms. The lowest BCUT2D eigenvalue weighted by Crippen LogP contribution is -2.34. The summed E-state index contributed by atoms with van der Waals surface area (Å²) in [6, 6.07) is 7.88. The van der Waals surface area contributed by atoms with Crippen LogP contribution in [0.5, 0.6) is 0 Å². The Bertz CT molecular complexity index is 727. The molecule has 1 atom stereocenters. The molecule has 1 amide bonds. The van der Waals surface area contributed by atoms with Gasteiger partial charge in [0.2, 0.25) is 5.91 Å². The Kier molecular flexibility index (Phi) is 3.77. The fourth-order valence-electron chi connectivity index (χ4n) is 3.30. The van der Waals surface area contributed by atoms with Gasteiger partial charge in [-0.05, 0) is 53.8 Å². The molecule has 0 N–H and O–H groups in total. The van der Waals surface area contributed by atoms with Crippen molar-refractivity contribution in [1.29, 1.82) is 0 Å². The van der Waals surface area contributed by atoms with E-state index in [9.17, 15) is 4.79 Å². The summed E-state index contributed by atoms with van der Waals surface area (Å²) < 4.78 is 1.66. The second-order valence-electron chi connectivity index (χ2n) is 6.27. The van der Waals surface area contributed by atoms with E-state index >= 15 is 0 Å². The lowest BCUT2D eigenvalue weighted by Gasteiger charge is -2.25. The van der Waals surface area contributed by atoms with E-state index < -0.39 is 0 Å². The first-order chi connectivity index (χ1) is 11.2. The highest BCUT2D eigenvalue weighted by molar-refractivity contribution is 6.30. The van der Waals surface area contributed by atoms with Crippen LogP contribution in [0, 0.1) is 0 Å². The average molecular weight is 332 g/mol. The van der Waals surface area contributed by atoms with Crippen molar-refractivity contribution >= 4 is 17.5 Å². The maximum absolute atomic E-state index is 12.8. The molecule has 2 heterocycles. The van der Waals surface area contributed by atoms with Gasteiger partial charge in [0.1, 0.15) is 6.54 Å². The Balaban J connectivity index is 1.51. The summed E-state index contributed by atoms with van der Waals surface area (Å²) in [5.41, 5.74) is 1.10. The maximum Gasteiger partial charge on any atom is 0.244 e. The van der Waals surface area contributed by atoms with Crippen molar-refractivity contribution in [2.45, 2.75) is 44.2 Å². The number of hydrogen-bond donors (Lipinski definition) is 0. The minimum Gasteiger partial charge on any atom is -0.334 e. The Morgan fingerprint density at radius 2 is 2.17 bits per heavy atom. The Labute approximate surface area is 139 Å². The third-order valence-electron chi connectivity index (χ3n) is 4.59. The molecule has 1 saturated heterocycles. The van der Waals surface area contributed by atoms with Gasteiger partial charge in [-0.25, -0.2) is 4.68 Å². The minimum absolute atomic E-state index is 0.0710. The summed E-state index contributed by atoms with van der Waals surface area (Å²) >= 11 is 6.09. The molecule has 0 spiro atoms. The van der Waals surface area contributed by atoms with Gasteiger partial charge in [-0.1, -0.05) is 23.7 Å². The number of nitrogens with zero attached hydrogens (tertiary/aromatic N) is 5. The van der Waals surface area contributed by atoms with Crippen molar-refractivity contribution in [2.24, 2.45) is 0 Å². The first kappa shape index (κ1) is 14.6. The van der Waals surface area contributed by atoms with Gasteiger partial charge in [-0.15, -0.1) is 5.10 Å². The van der Waals surface area contributed by atoms with Crippen LogP contribution in [0.25, 0.3) is 0 Å². The second kappa shape index (κ2) is 5.92. The van der Waals surface area contributed by atoms with Crippen molar-refractivity contribution in [3.63, 3.8) is 0 Å². The molecule has 1 aromatic carbocycles. The third kappa shape index (κ3) is 2.95. The van der Waals surface area contributed by atoms with Crippen LogP contribution in [0.4, 0.5) is 0 Å². The number of carbonyl (C=O) groups excluding carboxylic acids is 1. The number of rotatable bonds is 4. The lowest BCUT2D eigenvalue weighted by molar-refractivity contribution is -0.133. The van der Waals surface area contributed by atoms with Gasteiger partial charge in [-0.3, -0.25) is 4.79 Å². The highest BCUT2D eigenvalue weighted by Gasteiger charge is 2.33. The second-order valence-corrected chi connectivity index (χ2v) is 6.71. The van der Waals surface area contributed by atoms with Gasteiger partial charge in [0.05, 0.1) is 6.04 Å². The van der Waals surface area contributed by atoms with E-state index in [1.807, 2.05) is 29.2 Å². The Morgan fingerprint density at radius 1 is 1.30 bits per heavy atom. The van der Waals surface area contributed by atoms with E-state index in [0.717, 1.165) is 43.6 Å². The van der Waals surface area contributed by atoms with Crippen LogP contribution < -0.4 is 0 Å². The number of amides is 1. The zero-order valence-electron chi connectivity index (χ0n) is 12.7. The van der Waals surface area contributed by atoms with Crippen molar-refractivity contribution in [1.82, 2.24) is 25.1 Å². The molecule has 0 radical (unpaired) electrons. The summed E-state index contributed by atoms with van der Waals surface area (Å²) in [6.45, 7) is 0.993.